The number of carbonyl (C=O) groups is 2. The van der Waals surface area contributed by atoms with E-state index in [1.165, 1.54) is 6.07 Å². The summed E-state index contributed by atoms with van der Waals surface area (Å²) in [5.41, 5.74) is -4.13. The average molecular weight is 651 g/mol. The maximum atomic E-state index is 14.4. The Morgan fingerprint density at radius 2 is 1.58 bits per heavy atom. The molecule has 1 aromatic heterocycles. The van der Waals surface area contributed by atoms with Crippen LogP contribution in [0.1, 0.15) is 49.8 Å². The number of hydrogen-bond donors (Lipinski definition) is 1. The molecule has 1 atom stereocenters. The quantitative estimate of drug-likeness (QED) is 0.233. The number of aromatic nitrogens is 2. The molecule has 0 spiro atoms. The summed E-state index contributed by atoms with van der Waals surface area (Å²) in [6.45, 7) is 3.26. The van der Waals surface area contributed by atoms with Crippen LogP contribution in [0, 0.1) is 17.5 Å². The van der Waals surface area contributed by atoms with Crippen LogP contribution in [0.15, 0.2) is 36.4 Å². The van der Waals surface area contributed by atoms with Gasteiger partial charge in [0.25, 0.3) is 0 Å². The van der Waals surface area contributed by atoms with E-state index in [-0.39, 0.29) is 17.8 Å². The third-order valence-corrected chi connectivity index (χ3v) is 6.80. The number of alkyl carbamates (subject to hydrolysis) is 1. The molecule has 0 saturated carbocycles. The molecule has 1 N–H and O–H groups in total. The highest BCUT2D eigenvalue weighted by Gasteiger charge is 2.42. The van der Waals surface area contributed by atoms with Gasteiger partial charge in [-0.05, 0) is 44.9 Å². The molecule has 3 aromatic rings. The van der Waals surface area contributed by atoms with E-state index in [4.69, 9.17) is 4.74 Å². The number of nitrogens with one attached hydrogen (secondary N) is 1. The van der Waals surface area contributed by atoms with E-state index in [9.17, 15) is 49.1 Å². The molecule has 4 rings (SSSR count). The number of halogens is 9. The number of hydrogen-bond acceptors (Lipinski definition) is 4. The summed E-state index contributed by atoms with van der Waals surface area (Å²) < 4.78 is 131. The second-order valence-electron chi connectivity index (χ2n) is 11.3. The van der Waals surface area contributed by atoms with Crippen LogP contribution in [0.3, 0.4) is 0 Å². The molecule has 0 fully saturated rings. The Bertz CT molecular complexity index is 1590. The van der Waals surface area contributed by atoms with E-state index in [1.807, 2.05) is 0 Å². The van der Waals surface area contributed by atoms with Gasteiger partial charge < -0.3 is 19.5 Å². The van der Waals surface area contributed by atoms with Crippen LogP contribution in [0.4, 0.5) is 44.3 Å². The van der Waals surface area contributed by atoms with Gasteiger partial charge in [-0.3, -0.25) is 4.79 Å². The molecule has 2 heterocycles. The molecule has 16 heteroatoms. The first-order valence-electron chi connectivity index (χ1n) is 13.5. The Kier molecular flexibility index (Phi) is 9.18. The summed E-state index contributed by atoms with van der Waals surface area (Å²) in [6, 6.07) is 3.54. The summed E-state index contributed by atoms with van der Waals surface area (Å²) in [6.07, 6.45) is -12.1. The predicted molar refractivity (Wildman–Crippen MR) is 141 cm³/mol. The smallest absolute Gasteiger partial charge is 0.444 e. The summed E-state index contributed by atoms with van der Waals surface area (Å²) >= 11 is 0. The number of amides is 2. The lowest BCUT2D eigenvalue weighted by Crippen LogP contribution is -2.45. The fraction of sp³-hybridized carbons (Fsp3) is 0.414. The number of fused-ring (bicyclic) bond motifs is 1. The summed E-state index contributed by atoms with van der Waals surface area (Å²) in [5, 5.41) is 2.37. The second-order valence-corrected chi connectivity index (χ2v) is 11.3. The van der Waals surface area contributed by atoms with Crippen molar-refractivity contribution in [2.45, 2.75) is 70.7 Å². The van der Waals surface area contributed by atoms with Crippen molar-refractivity contribution < 1.29 is 53.8 Å². The number of imidazole rings is 1. The van der Waals surface area contributed by atoms with Gasteiger partial charge >= 0.3 is 18.4 Å². The van der Waals surface area contributed by atoms with Gasteiger partial charge in [0.1, 0.15) is 11.4 Å². The predicted octanol–water partition coefficient (Wildman–Crippen LogP) is 6.87. The van der Waals surface area contributed by atoms with Gasteiger partial charge in [-0.1, -0.05) is 18.2 Å². The van der Waals surface area contributed by atoms with Crippen LogP contribution in [0.25, 0.3) is 11.3 Å². The number of benzene rings is 2. The molecule has 0 aliphatic carbocycles. The van der Waals surface area contributed by atoms with Gasteiger partial charge in [0.2, 0.25) is 11.7 Å². The summed E-state index contributed by atoms with van der Waals surface area (Å²) in [4.78, 5) is 30.5. The van der Waals surface area contributed by atoms with Gasteiger partial charge in [-0.25, -0.2) is 22.9 Å². The summed E-state index contributed by atoms with van der Waals surface area (Å²) in [7, 11) is 0. The second kappa shape index (κ2) is 12.3. The van der Waals surface area contributed by atoms with Gasteiger partial charge in [-0.2, -0.15) is 26.3 Å². The maximum Gasteiger partial charge on any atom is 0.449 e. The monoisotopic (exact) mass is 650 g/mol. The van der Waals surface area contributed by atoms with Crippen LogP contribution in [0.2, 0.25) is 0 Å². The molecular weight excluding hydrogens is 623 g/mol. The fourth-order valence-corrected chi connectivity index (χ4v) is 4.92. The molecule has 0 saturated heterocycles. The number of alkyl halides is 6. The van der Waals surface area contributed by atoms with E-state index < -0.39 is 102 Å². The molecule has 7 nitrogen and oxygen atoms in total. The first-order valence-corrected chi connectivity index (χ1v) is 13.5. The first kappa shape index (κ1) is 33.6. The van der Waals surface area contributed by atoms with Gasteiger partial charge in [0.15, 0.2) is 11.6 Å². The van der Waals surface area contributed by atoms with E-state index in [0.717, 1.165) is 17.0 Å². The molecular formula is C29H27F9N4O3. The van der Waals surface area contributed by atoms with Crippen molar-refractivity contribution in [1.29, 1.82) is 0 Å². The first-order chi connectivity index (χ1) is 20.7. The number of nitrogens with zero attached hydrogens (tertiary/aromatic N) is 3. The van der Waals surface area contributed by atoms with Crippen LogP contribution >= 0.6 is 0 Å². The zero-order valence-electron chi connectivity index (χ0n) is 24.0. The van der Waals surface area contributed by atoms with Crippen molar-refractivity contribution in [3.63, 3.8) is 0 Å². The number of carbonyl (C=O) groups excluding carboxylic acids is 2. The minimum Gasteiger partial charge on any atom is -0.444 e. The molecule has 2 aromatic carbocycles. The Labute approximate surface area is 251 Å². The Morgan fingerprint density at radius 3 is 2.20 bits per heavy atom. The van der Waals surface area contributed by atoms with E-state index >= 15 is 0 Å². The van der Waals surface area contributed by atoms with Crippen molar-refractivity contribution in [3.8, 4) is 11.3 Å². The van der Waals surface area contributed by atoms with Crippen molar-refractivity contribution in [1.82, 2.24) is 19.8 Å². The minimum atomic E-state index is -5.02. The highest BCUT2D eigenvalue weighted by atomic mass is 19.4. The molecule has 2 amide bonds. The molecule has 0 radical (unpaired) electrons. The largest absolute Gasteiger partial charge is 0.449 e. The van der Waals surface area contributed by atoms with Crippen molar-refractivity contribution >= 4 is 12.0 Å². The molecule has 0 bridgehead atoms. The molecule has 1 aliphatic rings. The normalized spacial score (nSPS) is 14.6. The third-order valence-electron chi connectivity index (χ3n) is 6.80. The lowest BCUT2D eigenvalue weighted by atomic mass is 10.0. The molecule has 0 unspecified atom stereocenters. The van der Waals surface area contributed by atoms with E-state index in [1.54, 1.807) is 20.8 Å². The van der Waals surface area contributed by atoms with Crippen LogP contribution < -0.4 is 5.32 Å². The van der Waals surface area contributed by atoms with Crippen molar-refractivity contribution in [2.24, 2.45) is 0 Å². The van der Waals surface area contributed by atoms with E-state index in [2.05, 4.69) is 10.3 Å². The van der Waals surface area contributed by atoms with Crippen LogP contribution in [0.5, 0.6) is 0 Å². The topological polar surface area (TPSA) is 76.5 Å². The maximum absolute atomic E-state index is 14.4. The Hall–Kier alpha value is -4.24. The van der Waals surface area contributed by atoms with Crippen molar-refractivity contribution in [3.05, 3.63) is 76.5 Å². The van der Waals surface area contributed by atoms with Gasteiger partial charge in [0, 0.05) is 37.2 Å². The Balaban J connectivity index is 1.66. The molecule has 244 valence electrons. The number of rotatable bonds is 6. The van der Waals surface area contributed by atoms with Gasteiger partial charge in [0.05, 0.1) is 23.5 Å². The minimum absolute atomic E-state index is 0.293. The van der Waals surface area contributed by atoms with Crippen LogP contribution in [-0.4, -0.2) is 44.6 Å². The third kappa shape index (κ3) is 7.89. The Morgan fingerprint density at radius 1 is 0.933 bits per heavy atom. The molecule has 45 heavy (non-hydrogen) atoms. The van der Waals surface area contributed by atoms with E-state index in [0.29, 0.717) is 22.8 Å². The molecule has 1 aliphatic heterocycles. The van der Waals surface area contributed by atoms with Crippen LogP contribution in [-0.2, 0) is 41.4 Å². The standard InChI is InChI=1S/C29H27F9N4O3/c1-27(2,3)45-26(44)39-16(10-15-11-20(31)21(32)13-19(15)30)12-23(43)41-8-9-42-22(14-41)24(40-25(42)29(36,37)38)17-6-4-5-7-18(17)28(33,34)35/h4-7,11,13,16H,8-10,12,14H2,1-3H3,(H,39,44)/t16-/m1/s1. The number of ether oxygens (including phenoxy) is 1. The lowest BCUT2D eigenvalue weighted by molar-refractivity contribution is -0.148. The van der Waals surface area contributed by atoms with Crippen molar-refractivity contribution in [2.75, 3.05) is 6.54 Å². The highest BCUT2D eigenvalue weighted by Crippen LogP contribution is 2.41. The van der Waals surface area contributed by atoms with Gasteiger partial charge in [-0.15, -0.1) is 0 Å². The highest BCUT2D eigenvalue weighted by molar-refractivity contribution is 5.79. The zero-order chi connectivity index (χ0) is 33.5. The average Bonchev–Trinajstić information content (AvgIpc) is 3.29. The fourth-order valence-electron chi connectivity index (χ4n) is 4.92. The SMILES string of the molecule is CC(C)(C)OC(=O)N[C@@H](CC(=O)N1CCn2c(C(F)(F)F)nc(-c3ccccc3C(F)(F)F)c2C1)Cc1cc(F)c(F)cc1F. The lowest BCUT2D eigenvalue weighted by Gasteiger charge is -2.31. The zero-order valence-corrected chi connectivity index (χ0v) is 24.0. The summed E-state index contributed by atoms with van der Waals surface area (Å²) in [5.74, 6) is -6.22.